The summed E-state index contributed by atoms with van der Waals surface area (Å²) in [6.07, 6.45) is 0. The first-order valence-corrected chi connectivity index (χ1v) is 14.0. The van der Waals surface area contributed by atoms with Crippen molar-refractivity contribution in [1.82, 2.24) is 0 Å². The number of aryl methyl sites for hydroxylation is 2. The van der Waals surface area contributed by atoms with Crippen molar-refractivity contribution in [3.05, 3.63) is 118 Å². The van der Waals surface area contributed by atoms with E-state index in [1.165, 1.54) is 12.1 Å². The van der Waals surface area contributed by atoms with E-state index in [0.717, 1.165) is 27.3 Å². The first kappa shape index (κ1) is 25.8. The lowest BCUT2D eigenvalue weighted by molar-refractivity contribution is 0.102. The minimum Gasteiger partial charge on any atom is -0.322 e. The molecule has 0 spiro atoms. The number of thioether (sulfide) groups is 1. The molecule has 0 unspecified atom stereocenters. The van der Waals surface area contributed by atoms with Crippen molar-refractivity contribution in [3.63, 3.8) is 0 Å². The second kappa shape index (κ2) is 11.2. The number of halogens is 1. The highest BCUT2D eigenvalue weighted by molar-refractivity contribution is 7.98. The Labute approximate surface area is 221 Å². The molecule has 0 fully saturated rings. The minimum absolute atomic E-state index is 0.112. The molecule has 0 saturated heterocycles. The van der Waals surface area contributed by atoms with E-state index in [9.17, 15) is 13.2 Å². The largest absolute Gasteiger partial charge is 0.322 e. The summed E-state index contributed by atoms with van der Waals surface area (Å²) >= 11 is 7.61. The zero-order chi connectivity index (χ0) is 25.7. The van der Waals surface area contributed by atoms with Gasteiger partial charge in [-0.3, -0.25) is 9.52 Å². The van der Waals surface area contributed by atoms with E-state index < -0.39 is 10.0 Å². The molecule has 1 amide bonds. The first-order valence-electron chi connectivity index (χ1n) is 11.2. The molecule has 0 aliphatic carbocycles. The topological polar surface area (TPSA) is 75.3 Å². The van der Waals surface area contributed by atoms with Crippen LogP contribution in [-0.4, -0.2) is 14.3 Å². The Morgan fingerprint density at radius 1 is 0.806 bits per heavy atom. The van der Waals surface area contributed by atoms with Crippen LogP contribution in [0.15, 0.2) is 101 Å². The maximum Gasteiger partial charge on any atom is 0.261 e. The summed E-state index contributed by atoms with van der Waals surface area (Å²) in [5, 5.41) is 3.52. The van der Waals surface area contributed by atoms with Crippen LogP contribution in [0.4, 0.5) is 11.4 Å². The fourth-order valence-corrected chi connectivity index (χ4v) is 5.42. The van der Waals surface area contributed by atoms with Crippen LogP contribution in [0.3, 0.4) is 0 Å². The zero-order valence-corrected chi connectivity index (χ0v) is 22.2. The van der Waals surface area contributed by atoms with Gasteiger partial charge in [0.1, 0.15) is 0 Å². The van der Waals surface area contributed by atoms with Crippen molar-refractivity contribution >= 4 is 50.7 Å². The van der Waals surface area contributed by atoms with Gasteiger partial charge in [0, 0.05) is 32.6 Å². The third-order valence-electron chi connectivity index (χ3n) is 5.62. The van der Waals surface area contributed by atoms with E-state index in [1.54, 1.807) is 48.2 Å². The van der Waals surface area contributed by atoms with Crippen LogP contribution in [-0.2, 0) is 15.8 Å². The summed E-state index contributed by atoms with van der Waals surface area (Å²) in [5.41, 5.74) is 4.71. The first-order chi connectivity index (χ1) is 17.2. The number of hydrogen-bond donors (Lipinski definition) is 2. The Hall–Kier alpha value is -3.26. The molecule has 36 heavy (non-hydrogen) atoms. The molecular formula is C28H25ClN2O3S2. The maximum atomic E-state index is 12.7. The molecule has 0 atom stereocenters. The van der Waals surface area contributed by atoms with Crippen LogP contribution in [0.25, 0.3) is 0 Å². The number of amides is 1. The molecule has 0 aromatic heterocycles. The van der Waals surface area contributed by atoms with E-state index in [1.807, 2.05) is 56.3 Å². The molecule has 5 nitrogen and oxygen atoms in total. The van der Waals surface area contributed by atoms with Crippen LogP contribution in [0.5, 0.6) is 0 Å². The Balaban J connectivity index is 1.35. The second-order valence-electron chi connectivity index (χ2n) is 8.32. The third-order valence-corrected chi connectivity index (χ3v) is 8.35. The van der Waals surface area contributed by atoms with Crippen molar-refractivity contribution in [2.45, 2.75) is 29.4 Å². The van der Waals surface area contributed by atoms with Gasteiger partial charge in [-0.1, -0.05) is 29.8 Å². The zero-order valence-electron chi connectivity index (χ0n) is 19.8. The summed E-state index contributed by atoms with van der Waals surface area (Å²) in [6, 6.07) is 26.6. The maximum absolute atomic E-state index is 12.7. The number of anilines is 2. The molecule has 0 aliphatic heterocycles. The van der Waals surface area contributed by atoms with Crippen LogP contribution < -0.4 is 10.0 Å². The molecule has 184 valence electrons. The highest BCUT2D eigenvalue weighted by atomic mass is 35.5. The van der Waals surface area contributed by atoms with Crippen LogP contribution in [0, 0.1) is 13.8 Å². The average molecular weight is 537 g/mol. The van der Waals surface area contributed by atoms with E-state index in [0.29, 0.717) is 22.0 Å². The van der Waals surface area contributed by atoms with E-state index in [4.69, 9.17) is 11.6 Å². The number of benzene rings is 4. The van der Waals surface area contributed by atoms with Gasteiger partial charge in [0.05, 0.1) is 4.90 Å². The van der Waals surface area contributed by atoms with Gasteiger partial charge in [0.2, 0.25) is 0 Å². The van der Waals surface area contributed by atoms with Crippen molar-refractivity contribution in [3.8, 4) is 0 Å². The van der Waals surface area contributed by atoms with Crippen molar-refractivity contribution in [1.29, 1.82) is 0 Å². The van der Waals surface area contributed by atoms with Crippen LogP contribution in [0.2, 0.25) is 5.02 Å². The van der Waals surface area contributed by atoms with Gasteiger partial charge in [-0.15, -0.1) is 11.8 Å². The lowest BCUT2D eigenvalue weighted by Gasteiger charge is -2.11. The number of carbonyl (C=O) groups is 1. The van der Waals surface area contributed by atoms with E-state index >= 15 is 0 Å². The minimum atomic E-state index is -3.74. The Morgan fingerprint density at radius 2 is 1.44 bits per heavy atom. The lowest BCUT2D eigenvalue weighted by Crippen LogP contribution is -2.14. The molecule has 2 N–H and O–H groups in total. The highest BCUT2D eigenvalue weighted by Gasteiger charge is 2.15. The molecule has 0 bridgehead atoms. The van der Waals surface area contributed by atoms with Gasteiger partial charge in [0.25, 0.3) is 15.9 Å². The second-order valence-corrected chi connectivity index (χ2v) is 11.5. The molecule has 4 aromatic rings. The number of sulfonamides is 1. The van der Waals surface area contributed by atoms with E-state index in [2.05, 4.69) is 10.0 Å². The molecule has 0 aliphatic rings. The van der Waals surface area contributed by atoms with Crippen LogP contribution >= 0.6 is 23.4 Å². The molecule has 0 heterocycles. The molecule has 0 radical (unpaired) electrons. The Bertz CT molecular complexity index is 1470. The fourth-order valence-electron chi connectivity index (χ4n) is 3.39. The smallest absolute Gasteiger partial charge is 0.261 e. The van der Waals surface area contributed by atoms with Crippen molar-refractivity contribution < 1.29 is 13.2 Å². The predicted molar refractivity (Wildman–Crippen MR) is 149 cm³/mol. The van der Waals surface area contributed by atoms with Gasteiger partial charge in [-0.2, -0.15) is 0 Å². The molecular weight excluding hydrogens is 512 g/mol. The van der Waals surface area contributed by atoms with Gasteiger partial charge in [-0.25, -0.2) is 8.42 Å². The molecule has 8 heteroatoms. The number of hydrogen-bond acceptors (Lipinski definition) is 4. The molecule has 0 saturated carbocycles. The fraction of sp³-hybridized carbons (Fsp3) is 0.107. The monoisotopic (exact) mass is 536 g/mol. The van der Waals surface area contributed by atoms with Gasteiger partial charge in [0.15, 0.2) is 0 Å². The standard InChI is InChI=1S/C28H25ClN2O3S2/c1-19-3-10-25(17-20(19)2)31-36(33,34)27-15-11-24(12-16-27)30-28(32)22-6-4-21(5-7-22)18-35-26-13-8-23(29)9-14-26/h3-17,31H,18H2,1-2H3,(H,30,32). The summed E-state index contributed by atoms with van der Waals surface area (Å²) in [5.74, 6) is 0.506. The SMILES string of the molecule is Cc1ccc(NS(=O)(=O)c2ccc(NC(=O)c3ccc(CSc4ccc(Cl)cc4)cc3)cc2)cc1C. The third kappa shape index (κ3) is 6.69. The summed E-state index contributed by atoms with van der Waals surface area (Å²) in [4.78, 5) is 13.9. The quantitative estimate of drug-likeness (QED) is 0.232. The lowest BCUT2D eigenvalue weighted by atomic mass is 10.1. The summed E-state index contributed by atoms with van der Waals surface area (Å²) in [6.45, 7) is 3.90. The average Bonchev–Trinajstić information content (AvgIpc) is 2.86. The molecule has 4 rings (SSSR count). The van der Waals surface area contributed by atoms with Crippen LogP contribution in [0.1, 0.15) is 27.0 Å². The Morgan fingerprint density at radius 3 is 2.08 bits per heavy atom. The van der Waals surface area contributed by atoms with Gasteiger partial charge < -0.3 is 5.32 Å². The number of carbonyl (C=O) groups excluding carboxylic acids is 1. The van der Waals surface area contributed by atoms with E-state index in [-0.39, 0.29) is 10.8 Å². The summed E-state index contributed by atoms with van der Waals surface area (Å²) in [7, 11) is -3.74. The number of rotatable bonds is 8. The van der Waals surface area contributed by atoms with Gasteiger partial charge >= 0.3 is 0 Å². The Kier molecular flexibility index (Phi) is 8.04. The highest BCUT2D eigenvalue weighted by Crippen LogP contribution is 2.25. The number of nitrogens with one attached hydrogen (secondary N) is 2. The van der Waals surface area contributed by atoms with Gasteiger partial charge in [-0.05, 0) is 103 Å². The predicted octanol–water partition coefficient (Wildman–Crippen LogP) is 7.30. The normalized spacial score (nSPS) is 11.2. The van der Waals surface area contributed by atoms with Crippen molar-refractivity contribution in [2.24, 2.45) is 0 Å². The molecule has 4 aromatic carbocycles. The van der Waals surface area contributed by atoms with Crippen molar-refractivity contribution in [2.75, 3.05) is 10.0 Å². The summed E-state index contributed by atoms with van der Waals surface area (Å²) < 4.78 is 28.1.